The molecule has 0 radical (unpaired) electrons. The van der Waals surface area contributed by atoms with Gasteiger partial charge in [-0.05, 0) is 71.4 Å². The minimum atomic E-state index is -0.633. The highest BCUT2D eigenvalue weighted by Gasteiger charge is 2.22. The van der Waals surface area contributed by atoms with Gasteiger partial charge in [0.25, 0.3) is 5.69 Å². The number of nitrogens with zero attached hydrogens (tertiary/aromatic N) is 4. The first-order valence-electron chi connectivity index (χ1n) is 10.8. The van der Waals surface area contributed by atoms with E-state index in [0.717, 1.165) is 4.47 Å². The third-order valence-corrected chi connectivity index (χ3v) is 5.69. The summed E-state index contributed by atoms with van der Waals surface area (Å²) in [5, 5.41) is 11.7. The van der Waals surface area contributed by atoms with Crippen LogP contribution in [0.15, 0.2) is 85.4 Å². The van der Waals surface area contributed by atoms with E-state index in [2.05, 4.69) is 25.9 Å². The predicted octanol–water partition coefficient (Wildman–Crippen LogP) is 6.45. The second-order valence-electron chi connectivity index (χ2n) is 7.51. The fourth-order valence-corrected chi connectivity index (χ4v) is 3.97. The van der Waals surface area contributed by atoms with E-state index < -0.39 is 10.9 Å². The van der Waals surface area contributed by atoms with Crippen molar-refractivity contribution in [1.82, 2.24) is 9.38 Å². The number of benzene rings is 1. The number of furan rings is 2. The monoisotopic (exact) mass is 548 g/mol. The van der Waals surface area contributed by atoms with Gasteiger partial charge in [0.1, 0.15) is 17.2 Å². The van der Waals surface area contributed by atoms with Crippen molar-refractivity contribution < 1.29 is 23.3 Å². The number of hydrogen-bond acceptors (Lipinski definition) is 8. The molecule has 0 aliphatic rings. The molecule has 0 spiro atoms. The van der Waals surface area contributed by atoms with E-state index in [1.807, 2.05) is 18.3 Å². The lowest BCUT2D eigenvalue weighted by Crippen LogP contribution is -2.05. The Bertz CT molecular complexity index is 1620. The van der Waals surface area contributed by atoms with Crippen molar-refractivity contribution in [3.05, 3.63) is 93.0 Å². The van der Waals surface area contributed by atoms with Crippen molar-refractivity contribution in [3.63, 3.8) is 0 Å². The Morgan fingerprint density at radius 3 is 2.83 bits per heavy atom. The van der Waals surface area contributed by atoms with Crippen molar-refractivity contribution >= 4 is 45.3 Å². The minimum absolute atomic E-state index is 0.0878. The molecule has 0 N–H and O–H groups in total. The van der Waals surface area contributed by atoms with Gasteiger partial charge in [0.15, 0.2) is 17.3 Å². The number of nitro groups is 1. The molecule has 36 heavy (non-hydrogen) atoms. The van der Waals surface area contributed by atoms with E-state index in [1.165, 1.54) is 24.4 Å². The number of aliphatic imine (C=N–C) groups is 1. The maximum atomic E-state index is 12.0. The van der Waals surface area contributed by atoms with Crippen molar-refractivity contribution in [2.24, 2.45) is 4.99 Å². The van der Waals surface area contributed by atoms with Crippen LogP contribution < -0.4 is 0 Å². The normalized spacial score (nSPS) is 11.4. The number of nitro benzene ring substituents is 1. The standard InChI is InChI=1S/C25H17BrN4O6/c1-2-34-25(31)15-5-8-18(19(12-15)30(32)33)20-9-7-17(36-20)13-27-24-23(21-4-3-11-35-21)28-22-10-6-16(26)14-29(22)24/h3-14H,2H2,1H3. The van der Waals surface area contributed by atoms with Gasteiger partial charge in [-0.2, -0.15) is 0 Å². The number of carbonyl (C=O) groups is 1. The molecule has 0 fully saturated rings. The third-order valence-electron chi connectivity index (χ3n) is 5.22. The minimum Gasteiger partial charge on any atom is -0.463 e. The van der Waals surface area contributed by atoms with Gasteiger partial charge in [0, 0.05) is 16.7 Å². The average Bonchev–Trinajstić information content (AvgIpc) is 3.62. The summed E-state index contributed by atoms with van der Waals surface area (Å²) in [5.41, 5.74) is 1.26. The topological polar surface area (TPSA) is 125 Å². The first-order valence-corrected chi connectivity index (χ1v) is 11.5. The molecular formula is C25H17BrN4O6. The highest BCUT2D eigenvalue weighted by atomic mass is 79.9. The lowest BCUT2D eigenvalue weighted by molar-refractivity contribution is -0.384. The van der Waals surface area contributed by atoms with Gasteiger partial charge in [-0.15, -0.1) is 0 Å². The van der Waals surface area contributed by atoms with E-state index in [0.29, 0.717) is 28.7 Å². The first kappa shape index (κ1) is 23.2. The van der Waals surface area contributed by atoms with E-state index in [-0.39, 0.29) is 29.2 Å². The van der Waals surface area contributed by atoms with Gasteiger partial charge < -0.3 is 13.6 Å². The largest absolute Gasteiger partial charge is 0.463 e. The van der Waals surface area contributed by atoms with Crippen molar-refractivity contribution in [2.45, 2.75) is 6.92 Å². The van der Waals surface area contributed by atoms with Gasteiger partial charge in [-0.3, -0.25) is 14.5 Å². The summed E-state index contributed by atoms with van der Waals surface area (Å²) >= 11 is 3.46. The Balaban J connectivity index is 1.51. The van der Waals surface area contributed by atoms with Gasteiger partial charge >= 0.3 is 5.97 Å². The fraction of sp³-hybridized carbons (Fsp3) is 0.0800. The molecule has 0 saturated heterocycles. The van der Waals surface area contributed by atoms with Gasteiger partial charge in [0.2, 0.25) is 0 Å². The third kappa shape index (κ3) is 4.43. The van der Waals surface area contributed by atoms with Gasteiger partial charge in [-0.1, -0.05) is 0 Å². The van der Waals surface area contributed by atoms with Crippen LogP contribution in [0, 0.1) is 10.1 Å². The predicted molar refractivity (Wildman–Crippen MR) is 135 cm³/mol. The number of fused-ring (bicyclic) bond motifs is 1. The maximum Gasteiger partial charge on any atom is 0.338 e. The van der Waals surface area contributed by atoms with Crippen molar-refractivity contribution in [1.29, 1.82) is 0 Å². The van der Waals surface area contributed by atoms with Crippen LogP contribution in [-0.4, -0.2) is 33.1 Å². The maximum absolute atomic E-state index is 12.0. The molecule has 0 saturated carbocycles. The summed E-state index contributed by atoms with van der Waals surface area (Å²) in [4.78, 5) is 32.3. The number of rotatable bonds is 7. The molecule has 180 valence electrons. The highest BCUT2D eigenvalue weighted by molar-refractivity contribution is 9.10. The van der Waals surface area contributed by atoms with Crippen molar-refractivity contribution in [2.75, 3.05) is 6.61 Å². The van der Waals surface area contributed by atoms with Crippen LogP contribution in [0.5, 0.6) is 0 Å². The molecule has 5 rings (SSSR count). The van der Waals surface area contributed by atoms with Crippen molar-refractivity contribution in [3.8, 4) is 22.8 Å². The van der Waals surface area contributed by atoms with Gasteiger partial charge in [0.05, 0.1) is 35.1 Å². The summed E-state index contributed by atoms with van der Waals surface area (Å²) < 4.78 is 19.0. The lowest BCUT2D eigenvalue weighted by atomic mass is 10.1. The van der Waals surface area contributed by atoms with Crippen LogP contribution >= 0.6 is 15.9 Å². The second kappa shape index (κ2) is 9.62. The zero-order chi connectivity index (χ0) is 25.2. The smallest absolute Gasteiger partial charge is 0.338 e. The summed E-state index contributed by atoms with van der Waals surface area (Å²) in [5.74, 6) is 1.06. The Morgan fingerprint density at radius 1 is 1.22 bits per heavy atom. The fourth-order valence-electron chi connectivity index (χ4n) is 3.63. The summed E-state index contributed by atoms with van der Waals surface area (Å²) in [6, 6.07) is 14.6. The first-order chi connectivity index (χ1) is 17.4. The molecule has 0 aliphatic heterocycles. The Kier molecular flexibility index (Phi) is 6.21. The van der Waals surface area contributed by atoms with E-state index >= 15 is 0 Å². The zero-order valence-corrected chi connectivity index (χ0v) is 20.3. The zero-order valence-electron chi connectivity index (χ0n) is 18.8. The van der Waals surface area contributed by atoms with Crippen LogP contribution in [0.25, 0.3) is 28.4 Å². The van der Waals surface area contributed by atoms with Crippen LogP contribution in [0.3, 0.4) is 0 Å². The van der Waals surface area contributed by atoms with Crippen LogP contribution in [0.2, 0.25) is 0 Å². The highest BCUT2D eigenvalue weighted by Crippen LogP contribution is 2.34. The molecule has 0 bridgehead atoms. The van der Waals surface area contributed by atoms with Crippen LogP contribution in [0.1, 0.15) is 23.0 Å². The Labute approximate surface area is 212 Å². The van der Waals surface area contributed by atoms with E-state index in [4.69, 9.17) is 13.6 Å². The second-order valence-corrected chi connectivity index (χ2v) is 8.42. The van der Waals surface area contributed by atoms with Gasteiger partial charge in [-0.25, -0.2) is 14.8 Å². The Hall–Kier alpha value is -4.51. The summed E-state index contributed by atoms with van der Waals surface area (Å²) in [6.07, 6.45) is 4.89. The van der Waals surface area contributed by atoms with E-state index in [1.54, 1.807) is 41.9 Å². The molecule has 4 aromatic heterocycles. The van der Waals surface area contributed by atoms with Crippen LogP contribution in [0.4, 0.5) is 11.5 Å². The average molecular weight is 549 g/mol. The van der Waals surface area contributed by atoms with Crippen LogP contribution in [-0.2, 0) is 4.74 Å². The number of imidazole rings is 1. The molecule has 1 aromatic carbocycles. The number of halogens is 1. The molecule has 5 aromatic rings. The molecule has 10 nitrogen and oxygen atoms in total. The Morgan fingerprint density at radius 2 is 2.08 bits per heavy atom. The molecule has 4 heterocycles. The number of pyridine rings is 1. The number of ether oxygens (including phenoxy) is 1. The SMILES string of the molecule is CCOC(=O)c1ccc(-c2ccc(C=Nc3c(-c4ccco4)nc4ccc(Br)cn34)o2)c([N+](=O)[O-])c1. The lowest BCUT2D eigenvalue weighted by Gasteiger charge is -2.04. The summed E-state index contributed by atoms with van der Waals surface area (Å²) in [6.45, 7) is 1.83. The molecular weight excluding hydrogens is 532 g/mol. The molecule has 0 atom stereocenters. The molecule has 0 unspecified atom stereocenters. The number of aromatic nitrogens is 2. The number of carbonyl (C=O) groups excluding carboxylic acids is 1. The molecule has 11 heteroatoms. The number of hydrogen-bond donors (Lipinski definition) is 0. The molecule has 0 amide bonds. The quantitative estimate of drug-likeness (QED) is 0.0988. The summed E-state index contributed by atoms with van der Waals surface area (Å²) in [7, 11) is 0. The number of esters is 1. The molecule has 0 aliphatic carbocycles. The van der Waals surface area contributed by atoms with E-state index in [9.17, 15) is 14.9 Å².